The van der Waals surface area contributed by atoms with Crippen molar-refractivity contribution in [3.63, 3.8) is 0 Å². The summed E-state index contributed by atoms with van der Waals surface area (Å²) >= 11 is 2.41. The van der Waals surface area contributed by atoms with Crippen LogP contribution in [0, 0.1) is 0 Å². The zero-order chi connectivity index (χ0) is 13.6. The van der Waals surface area contributed by atoms with Crippen molar-refractivity contribution in [2.45, 2.75) is 44.8 Å². The number of nitrogens with zero attached hydrogens (tertiary/aromatic N) is 1. The average Bonchev–Trinajstić information content (AvgIpc) is 2.27. The Morgan fingerprint density at radius 1 is 1.39 bits per heavy atom. The van der Waals surface area contributed by atoms with E-state index in [1.54, 1.807) is 0 Å². The maximum atomic E-state index is 11.7. The summed E-state index contributed by atoms with van der Waals surface area (Å²) in [6.07, 6.45) is 4.96. The molecular formula is C13H21BrN2OS. The van der Waals surface area contributed by atoms with Crippen molar-refractivity contribution in [2.75, 3.05) is 6.54 Å². The maximum absolute atomic E-state index is 11.7. The van der Waals surface area contributed by atoms with Crippen molar-refractivity contribution in [1.82, 2.24) is 9.71 Å². The molecule has 0 radical (unpaired) electrons. The molecule has 102 valence electrons. The average molecular weight is 333 g/mol. The van der Waals surface area contributed by atoms with Crippen LogP contribution in [0.25, 0.3) is 0 Å². The van der Waals surface area contributed by atoms with Crippen LogP contribution in [0.5, 0.6) is 0 Å². The molecule has 0 saturated carbocycles. The van der Waals surface area contributed by atoms with Crippen molar-refractivity contribution in [3.05, 3.63) is 28.5 Å². The predicted molar refractivity (Wildman–Crippen MR) is 80.8 cm³/mol. The fourth-order valence-electron chi connectivity index (χ4n) is 1.43. The van der Waals surface area contributed by atoms with E-state index in [1.165, 1.54) is 5.56 Å². The molecule has 1 aromatic rings. The SMILES string of the molecule is CC(C)(C)[S@@+]([O-])NCCCCc1ccnc(Br)c1. The van der Waals surface area contributed by atoms with Gasteiger partial charge in [0, 0.05) is 24.1 Å². The molecule has 0 aliphatic carbocycles. The first-order valence-electron chi connectivity index (χ1n) is 6.15. The van der Waals surface area contributed by atoms with Crippen molar-refractivity contribution in [3.8, 4) is 0 Å². The van der Waals surface area contributed by atoms with E-state index < -0.39 is 11.4 Å². The molecule has 0 aliphatic rings. The smallest absolute Gasteiger partial charge is 0.136 e. The summed E-state index contributed by atoms with van der Waals surface area (Å²) in [5, 5.41) is 0. The zero-order valence-corrected chi connectivity index (χ0v) is 13.6. The van der Waals surface area contributed by atoms with Crippen molar-refractivity contribution in [1.29, 1.82) is 0 Å². The van der Waals surface area contributed by atoms with Gasteiger partial charge in [-0.25, -0.2) is 4.98 Å². The number of aryl methyl sites for hydroxylation is 1. The normalized spacial score (nSPS) is 13.6. The molecule has 1 rings (SSSR count). The van der Waals surface area contributed by atoms with E-state index in [1.807, 2.05) is 39.1 Å². The quantitative estimate of drug-likeness (QED) is 0.494. The minimum atomic E-state index is -0.956. The van der Waals surface area contributed by atoms with Crippen molar-refractivity contribution >= 4 is 27.3 Å². The van der Waals surface area contributed by atoms with Crippen LogP contribution in [-0.4, -0.2) is 20.8 Å². The summed E-state index contributed by atoms with van der Waals surface area (Å²) in [5.41, 5.74) is 1.29. The lowest BCUT2D eigenvalue weighted by atomic mass is 10.1. The van der Waals surface area contributed by atoms with Gasteiger partial charge in [0.2, 0.25) is 0 Å². The zero-order valence-electron chi connectivity index (χ0n) is 11.2. The molecule has 0 unspecified atom stereocenters. The molecule has 1 atom stereocenters. The summed E-state index contributed by atoms with van der Waals surface area (Å²) in [5.74, 6) is 0. The summed E-state index contributed by atoms with van der Waals surface area (Å²) in [6.45, 7) is 6.73. The van der Waals surface area contributed by atoms with Gasteiger partial charge >= 0.3 is 0 Å². The Labute approximate surface area is 121 Å². The lowest BCUT2D eigenvalue weighted by Crippen LogP contribution is -2.39. The Hall–Kier alpha value is -0.100. The van der Waals surface area contributed by atoms with Crippen LogP contribution in [0.1, 0.15) is 39.2 Å². The Bertz CT molecular complexity index is 368. The number of nitrogens with one attached hydrogen (secondary N) is 1. The van der Waals surface area contributed by atoms with Crippen LogP contribution in [0.4, 0.5) is 0 Å². The number of rotatable bonds is 6. The highest BCUT2D eigenvalue weighted by Gasteiger charge is 2.25. The van der Waals surface area contributed by atoms with Gasteiger partial charge in [0.05, 0.1) is 0 Å². The fraction of sp³-hybridized carbons (Fsp3) is 0.615. The Kier molecular flexibility index (Phi) is 6.63. The third-order valence-electron chi connectivity index (χ3n) is 2.47. The van der Waals surface area contributed by atoms with Gasteiger partial charge in [-0.3, -0.25) is 0 Å². The summed E-state index contributed by atoms with van der Waals surface area (Å²) < 4.78 is 15.5. The van der Waals surface area contributed by atoms with E-state index in [-0.39, 0.29) is 4.75 Å². The highest BCUT2D eigenvalue weighted by atomic mass is 79.9. The van der Waals surface area contributed by atoms with Gasteiger partial charge in [0.15, 0.2) is 0 Å². The predicted octanol–water partition coefficient (Wildman–Crippen LogP) is 3.22. The minimum absolute atomic E-state index is 0.185. The largest absolute Gasteiger partial charge is 0.598 e. The maximum Gasteiger partial charge on any atom is 0.136 e. The third-order valence-corrected chi connectivity index (χ3v) is 4.48. The van der Waals surface area contributed by atoms with Gasteiger partial charge in [-0.05, 0) is 73.7 Å². The Morgan fingerprint density at radius 3 is 2.72 bits per heavy atom. The molecule has 1 heterocycles. The monoisotopic (exact) mass is 332 g/mol. The molecule has 0 amide bonds. The van der Waals surface area contributed by atoms with Crippen molar-refractivity contribution in [2.24, 2.45) is 0 Å². The van der Waals surface area contributed by atoms with E-state index in [2.05, 4.69) is 25.6 Å². The molecule has 1 N–H and O–H groups in total. The Balaban J connectivity index is 2.16. The molecular weight excluding hydrogens is 312 g/mol. The van der Waals surface area contributed by atoms with Gasteiger partial charge < -0.3 is 4.55 Å². The van der Waals surface area contributed by atoms with E-state index in [0.29, 0.717) is 0 Å². The topological polar surface area (TPSA) is 48.0 Å². The second-order valence-corrected chi connectivity index (χ2v) is 8.08. The lowest BCUT2D eigenvalue weighted by Gasteiger charge is -2.23. The van der Waals surface area contributed by atoms with Gasteiger partial charge in [-0.1, -0.05) is 0 Å². The van der Waals surface area contributed by atoms with Gasteiger partial charge in [0.1, 0.15) is 9.35 Å². The van der Waals surface area contributed by atoms with Crippen molar-refractivity contribution < 1.29 is 4.55 Å². The number of unbranched alkanes of at least 4 members (excludes halogenated alkanes) is 1. The molecule has 0 bridgehead atoms. The minimum Gasteiger partial charge on any atom is -0.598 e. The highest BCUT2D eigenvalue weighted by molar-refractivity contribution is 9.10. The van der Waals surface area contributed by atoms with Crippen LogP contribution in [0.15, 0.2) is 22.9 Å². The van der Waals surface area contributed by atoms with Crippen LogP contribution in [0.3, 0.4) is 0 Å². The summed E-state index contributed by atoms with van der Waals surface area (Å²) in [4.78, 5) is 4.10. The number of halogens is 1. The van der Waals surface area contributed by atoms with E-state index in [4.69, 9.17) is 0 Å². The molecule has 3 nitrogen and oxygen atoms in total. The van der Waals surface area contributed by atoms with E-state index in [9.17, 15) is 4.55 Å². The molecule has 0 fully saturated rings. The number of aromatic nitrogens is 1. The first-order valence-corrected chi connectivity index (χ1v) is 8.09. The summed E-state index contributed by atoms with van der Waals surface area (Å²) in [6, 6.07) is 4.08. The van der Waals surface area contributed by atoms with E-state index in [0.717, 1.165) is 30.4 Å². The second-order valence-electron chi connectivity index (χ2n) is 5.22. The molecule has 0 spiro atoms. The lowest BCUT2D eigenvalue weighted by molar-refractivity contribution is 0.540. The van der Waals surface area contributed by atoms with Crippen LogP contribution >= 0.6 is 15.9 Å². The Morgan fingerprint density at radius 2 is 2.11 bits per heavy atom. The third kappa shape index (κ3) is 6.18. The van der Waals surface area contributed by atoms with Gasteiger partial charge in [-0.2, -0.15) is 0 Å². The molecule has 18 heavy (non-hydrogen) atoms. The van der Waals surface area contributed by atoms with Crippen LogP contribution < -0.4 is 4.72 Å². The molecule has 5 heteroatoms. The number of hydrogen-bond acceptors (Lipinski definition) is 3. The standard InChI is InChI=1S/C13H21BrN2OS/c1-13(2,3)18(17)16-8-5-4-6-11-7-9-15-12(14)10-11/h7,9-10,16H,4-6,8H2,1-3H3/t18-/m1/s1. The molecule has 0 aromatic carbocycles. The number of hydrogen-bond donors (Lipinski definition) is 1. The van der Waals surface area contributed by atoms with E-state index >= 15 is 0 Å². The molecule has 1 aromatic heterocycles. The molecule has 0 aliphatic heterocycles. The fourth-order valence-corrected chi connectivity index (χ4v) is 2.61. The first-order chi connectivity index (χ1) is 8.39. The number of pyridine rings is 1. The van der Waals surface area contributed by atoms with Crippen LogP contribution in [0.2, 0.25) is 0 Å². The van der Waals surface area contributed by atoms with Gasteiger partial charge in [-0.15, -0.1) is 4.72 Å². The first kappa shape index (κ1) is 16.0. The highest BCUT2D eigenvalue weighted by Crippen LogP contribution is 2.13. The second kappa shape index (κ2) is 7.48. The molecule has 0 saturated heterocycles. The summed E-state index contributed by atoms with van der Waals surface area (Å²) in [7, 11) is 0. The van der Waals surface area contributed by atoms with Gasteiger partial charge in [0.25, 0.3) is 0 Å². The van der Waals surface area contributed by atoms with Crippen LogP contribution in [-0.2, 0) is 17.8 Å².